The Kier molecular flexibility index (Phi) is 5.64. The first-order chi connectivity index (χ1) is 13.7. The Bertz CT molecular complexity index is 795. The Morgan fingerprint density at radius 3 is 2.36 bits per heavy atom. The largest absolute Gasteiger partial charge is 0.387 e. The summed E-state index contributed by atoms with van der Waals surface area (Å²) in [5.74, 6) is 1.31. The Hall–Kier alpha value is -2.37. The topological polar surface area (TPSA) is 61.6 Å². The zero-order chi connectivity index (χ0) is 19.5. The summed E-state index contributed by atoms with van der Waals surface area (Å²) in [7, 11) is 1.86. The molecule has 2 aliphatic heterocycles. The molecule has 28 heavy (non-hydrogen) atoms. The van der Waals surface area contributed by atoms with Crippen LogP contribution in [0.25, 0.3) is 0 Å². The van der Waals surface area contributed by atoms with Gasteiger partial charge in [-0.05, 0) is 42.5 Å². The molecule has 0 bridgehead atoms. The van der Waals surface area contributed by atoms with E-state index >= 15 is 0 Å². The van der Waals surface area contributed by atoms with E-state index < -0.39 is 0 Å². The fourth-order valence-corrected chi connectivity index (χ4v) is 4.69. The number of fused-ring (bicyclic) bond motifs is 1. The number of nitrogens with two attached hydrogens (primary N) is 1. The second kappa shape index (κ2) is 8.33. The zero-order valence-corrected chi connectivity index (χ0v) is 16.6. The van der Waals surface area contributed by atoms with Crippen LogP contribution in [0.1, 0.15) is 28.4 Å². The Labute approximate surface area is 167 Å². The van der Waals surface area contributed by atoms with Gasteiger partial charge in [0.25, 0.3) is 5.91 Å². The predicted molar refractivity (Wildman–Crippen MR) is 113 cm³/mol. The first-order valence-corrected chi connectivity index (χ1v) is 10.2. The van der Waals surface area contributed by atoms with Crippen molar-refractivity contribution < 1.29 is 4.79 Å². The van der Waals surface area contributed by atoms with E-state index in [4.69, 9.17) is 5.73 Å². The SMILES string of the molecule is CNc1ccccc1C(=O)N1CC2CN(CC[C@H](N)c3ccccc3)CC2C1. The van der Waals surface area contributed by atoms with Gasteiger partial charge in [0.05, 0.1) is 5.56 Å². The van der Waals surface area contributed by atoms with Crippen molar-refractivity contribution in [1.29, 1.82) is 0 Å². The predicted octanol–water partition coefficient (Wildman–Crippen LogP) is 2.82. The van der Waals surface area contributed by atoms with E-state index in [1.165, 1.54) is 5.56 Å². The molecule has 0 spiro atoms. The highest BCUT2D eigenvalue weighted by Crippen LogP contribution is 2.33. The number of carbonyl (C=O) groups excluding carboxylic acids is 1. The number of nitrogens with one attached hydrogen (secondary N) is 1. The van der Waals surface area contributed by atoms with Gasteiger partial charge in [0.2, 0.25) is 0 Å². The van der Waals surface area contributed by atoms with Gasteiger partial charge in [0.15, 0.2) is 0 Å². The molecule has 1 amide bonds. The molecular weight excluding hydrogens is 348 g/mol. The third-order valence-corrected chi connectivity index (χ3v) is 6.26. The minimum absolute atomic E-state index is 0.0952. The number of rotatable bonds is 6. The summed E-state index contributed by atoms with van der Waals surface area (Å²) >= 11 is 0. The number of benzene rings is 2. The second-order valence-corrected chi connectivity index (χ2v) is 8.09. The maximum Gasteiger partial charge on any atom is 0.255 e. The molecule has 2 unspecified atom stereocenters. The van der Waals surface area contributed by atoms with Crippen LogP contribution in [-0.2, 0) is 0 Å². The van der Waals surface area contributed by atoms with E-state index in [2.05, 4.69) is 22.3 Å². The average Bonchev–Trinajstić information content (AvgIpc) is 3.31. The molecule has 2 fully saturated rings. The molecule has 0 radical (unpaired) electrons. The van der Waals surface area contributed by atoms with Crippen LogP contribution >= 0.6 is 0 Å². The van der Waals surface area contributed by atoms with Crippen molar-refractivity contribution in [1.82, 2.24) is 9.80 Å². The van der Waals surface area contributed by atoms with Crippen molar-refractivity contribution in [2.75, 3.05) is 45.1 Å². The maximum absolute atomic E-state index is 13.0. The van der Waals surface area contributed by atoms with Crippen LogP contribution < -0.4 is 11.1 Å². The fraction of sp³-hybridized carbons (Fsp3) is 0.435. The molecule has 4 rings (SSSR count). The first-order valence-electron chi connectivity index (χ1n) is 10.2. The van der Waals surface area contributed by atoms with Crippen LogP contribution in [-0.4, -0.2) is 55.5 Å². The molecule has 3 atom stereocenters. The number of hydrogen-bond donors (Lipinski definition) is 2. The molecule has 0 aliphatic carbocycles. The molecule has 2 saturated heterocycles. The van der Waals surface area contributed by atoms with Gasteiger partial charge in [0, 0.05) is 45.0 Å². The van der Waals surface area contributed by atoms with E-state index in [-0.39, 0.29) is 11.9 Å². The monoisotopic (exact) mass is 378 g/mol. The molecule has 0 aromatic heterocycles. The normalized spacial score (nSPS) is 22.9. The third kappa shape index (κ3) is 3.91. The van der Waals surface area contributed by atoms with Crippen LogP contribution in [0.4, 0.5) is 5.69 Å². The first kappa shape index (κ1) is 19.0. The quantitative estimate of drug-likeness (QED) is 0.811. The molecule has 2 aromatic carbocycles. The van der Waals surface area contributed by atoms with Crippen molar-refractivity contribution >= 4 is 11.6 Å². The molecule has 2 heterocycles. The fourth-order valence-electron chi connectivity index (χ4n) is 4.69. The van der Waals surface area contributed by atoms with Gasteiger partial charge in [-0.2, -0.15) is 0 Å². The van der Waals surface area contributed by atoms with Crippen molar-refractivity contribution in [3.8, 4) is 0 Å². The number of anilines is 1. The summed E-state index contributed by atoms with van der Waals surface area (Å²) in [6.45, 7) is 4.90. The van der Waals surface area contributed by atoms with Crippen LogP contribution in [0.2, 0.25) is 0 Å². The molecule has 5 heteroatoms. The number of amides is 1. The minimum atomic E-state index is 0.0952. The van der Waals surface area contributed by atoms with E-state index in [1.807, 2.05) is 54.4 Å². The Morgan fingerprint density at radius 2 is 1.68 bits per heavy atom. The average molecular weight is 379 g/mol. The van der Waals surface area contributed by atoms with Gasteiger partial charge in [-0.15, -0.1) is 0 Å². The Morgan fingerprint density at radius 1 is 1.04 bits per heavy atom. The minimum Gasteiger partial charge on any atom is -0.387 e. The molecule has 2 aliphatic rings. The van der Waals surface area contributed by atoms with Crippen LogP contribution in [0.15, 0.2) is 54.6 Å². The molecule has 0 saturated carbocycles. The van der Waals surface area contributed by atoms with Gasteiger partial charge >= 0.3 is 0 Å². The second-order valence-electron chi connectivity index (χ2n) is 8.09. The lowest BCUT2D eigenvalue weighted by Crippen LogP contribution is -2.34. The van der Waals surface area contributed by atoms with Gasteiger partial charge < -0.3 is 20.9 Å². The van der Waals surface area contributed by atoms with Crippen molar-refractivity contribution in [2.24, 2.45) is 17.6 Å². The van der Waals surface area contributed by atoms with E-state index in [1.54, 1.807) is 0 Å². The highest BCUT2D eigenvalue weighted by Gasteiger charge is 2.41. The Balaban J connectivity index is 1.29. The molecule has 148 valence electrons. The van der Waals surface area contributed by atoms with Crippen LogP contribution in [0, 0.1) is 11.8 Å². The van der Waals surface area contributed by atoms with Crippen LogP contribution in [0.5, 0.6) is 0 Å². The lowest BCUT2D eigenvalue weighted by atomic mass is 10.0. The number of hydrogen-bond acceptors (Lipinski definition) is 4. The van der Waals surface area contributed by atoms with Crippen molar-refractivity contribution in [3.05, 3.63) is 65.7 Å². The summed E-state index contributed by atoms with van der Waals surface area (Å²) in [6.07, 6.45) is 0.974. The van der Waals surface area contributed by atoms with Gasteiger partial charge in [0.1, 0.15) is 0 Å². The molecule has 3 N–H and O–H groups in total. The number of nitrogens with zero attached hydrogens (tertiary/aromatic N) is 2. The zero-order valence-electron chi connectivity index (χ0n) is 16.6. The van der Waals surface area contributed by atoms with Gasteiger partial charge in [-0.1, -0.05) is 42.5 Å². The summed E-state index contributed by atoms with van der Waals surface area (Å²) < 4.78 is 0. The summed E-state index contributed by atoms with van der Waals surface area (Å²) in [5, 5.41) is 3.13. The van der Waals surface area contributed by atoms with Crippen LogP contribution in [0.3, 0.4) is 0 Å². The number of carbonyl (C=O) groups is 1. The van der Waals surface area contributed by atoms with E-state index in [0.717, 1.165) is 50.4 Å². The van der Waals surface area contributed by atoms with Crippen molar-refractivity contribution in [3.63, 3.8) is 0 Å². The lowest BCUT2D eigenvalue weighted by molar-refractivity contribution is 0.0775. The van der Waals surface area contributed by atoms with Gasteiger partial charge in [-0.25, -0.2) is 0 Å². The number of para-hydroxylation sites is 1. The molecule has 2 aromatic rings. The maximum atomic E-state index is 13.0. The summed E-state index contributed by atoms with van der Waals surface area (Å²) in [6, 6.07) is 18.2. The number of likely N-dealkylation sites (tertiary alicyclic amines) is 2. The summed E-state index contributed by atoms with van der Waals surface area (Å²) in [4.78, 5) is 17.5. The van der Waals surface area contributed by atoms with E-state index in [9.17, 15) is 4.79 Å². The van der Waals surface area contributed by atoms with Gasteiger partial charge in [-0.3, -0.25) is 4.79 Å². The third-order valence-electron chi connectivity index (χ3n) is 6.26. The molecular formula is C23H30N4O. The summed E-state index contributed by atoms with van der Waals surface area (Å²) in [5.41, 5.74) is 9.24. The smallest absolute Gasteiger partial charge is 0.255 e. The lowest BCUT2D eigenvalue weighted by Gasteiger charge is -2.23. The standard InChI is InChI=1S/C23H30N4O/c1-25-22-10-6-5-9-20(22)23(28)27-15-18-13-26(14-19(18)16-27)12-11-21(24)17-7-3-2-4-8-17/h2-10,18-19,21,25H,11-16,24H2,1H3/t18?,19?,21-/m0/s1. The molecule has 5 nitrogen and oxygen atoms in total. The van der Waals surface area contributed by atoms with Crippen molar-refractivity contribution in [2.45, 2.75) is 12.5 Å². The van der Waals surface area contributed by atoms with E-state index in [0.29, 0.717) is 11.8 Å². The highest BCUT2D eigenvalue weighted by atomic mass is 16.2. The highest BCUT2D eigenvalue weighted by molar-refractivity contribution is 5.99.